The molecule has 1 aliphatic carbocycles. The minimum absolute atomic E-state index is 0. The number of ether oxygens (including phenoxy) is 1. The number of amides is 1. The first-order valence-electron chi connectivity index (χ1n) is 10.6. The second-order valence-corrected chi connectivity index (χ2v) is 7.97. The molecule has 1 amide bonds. The van der Waals surface area contributed by atoms with E-state index in [2.05, 4.69) is 22.5 Å². The molecular formula is C20H40IN5O2. The average Bonchev–Trinajstić information content (AvgIpc) is 3.16. The van der Waals surface area contributed by atoms with Crippen molar-refractivity contribution in [2.75, 3.05) is 66.6 Å². The Morgan fingerprint density at radius 1 is 1.14 bits per heavy atom. The number of unbranched alkanes of at least 4 members (excludes halogenated alkanes) is 1. The maximum absolute atomic E-state index is 12.7. The molecule has 0 aromatic rings. The largest absolute Gasteiger partial charge is 0.379 e. The average molecular weight is 509 g/mol. The highest BCUT2D eigenvalue weighted by Gasteiger charge is 2.42. The molecule has 164 valence electrons. The molecule has 0 aromatic carbocycles. The topological polar surface area (TPSA) is 69.2 Å². The zero-order valence-electron chi connectivity index (χ0n) is 18.0. The normalized spacial score (nSPS) is 19.8. The number of halogens is 1. The quantitative estimate of drug-likeness (QED) is 0.215. The van der Waals surface area contributed by atoms with Gasteiger partial charge in [-0.15, -0.1) is 24.0 Å². The van der Waals surface area contributed by atoms with Crippen LogP contribution >= 0.6 is 24.0 Å². The van der Waals surface area contributed by atoms with Gasteiger partial charge in [0.05, 0.1) is 25.2 Å². The summed E-state index contributed by atoms with van der Waals surface area (Å²) in [7, 11) is 3.70. The Balaban J connectivity index is 0.00000392. The maximum atomic E-state index is 12.7. The summed E-state index contributed by atoms with van der Waals surface area (Å²) >= 11 is 0. The number of morpholine rings is 1. The van der Waals surface area contributed by atoms with E-state index in [0.717, 1.165) is 84.0 Å². The number of carbonyl (C=O) groups is 1. The van der Waals surface area contributed by atoms with E-state index in [4.69, 9.17) is 9.73 Å². The molecule has 0 bridgehead atoms. The number of guanidine groups is 1. The second-order valence-electron chi connectivity index (χ2n) is 7.97. The van der Waals surface area contributed by atoms with Gasteiger partial charge in [-0.05, 0) is 39.2 Å². The maximum Gasteiger partial charge on any atom is 0.230 e. The predicted octanol–water partition coefficient (Wildman–Crippen LogP) is 1.92. The number of hydrogen-bond donors (Lipinski definition) is 2. The Morgan fingerprint density at radius 3 is 2.43 bits per heavy atom. The van der Waals surface area contributed by atoms with Gasteiger partial charge in [-0.3, -0.25) is 14.7 Å². The van der Waals surface area contributed by atoms with Crippen molar-refractivity contribution in [1.82, 2.24) is 20.4 Å². The minimum atomic E-state index is -0.303. The van der Waals surface area contributed by atoms with Crippen LogP contribution in [0.5, 0.6) is 0 Å². The first-order chi connectivity index (χ1) is 13.1. The van der Waals surface area contributed by atoms with Crippen LogP contribution in [0, 0.1) is 5.41 Å². The van der Waals surface area contributed by atoms with Crippen molar-refractivity contribution >= 4 is 35.8 Å². The van der Waals surface area contributed by atoms with Crippen molar-refractivity contribution < 1.29 is 9.53 Å². The van der Waals surface area contributed by atoms with Crippen LogP contribution in [-0.4, -0.2) is 88.2 Å². The van der Waals surface area contributed by atoms with Crippen molar-refractivity contribution in [3.63, 3.8) is 0 Å². The number of aliphatic imine (C=N–C) groups is 1. The summed E-state index contributed by atoms with van der Waals surface area (Å²) in [4.78, 5) is 21.7. The molecule has 2 aliphatic rings. The molecule has 1 saturated heterocycles. The lowest BCUT2D eigenvalue weighted by Crippen LogP contribution is -2.43. The fourth-order valence-corrected chi connectivity index (χ4v) is 4.03. The second kappa shape index (κ2) is 13.6. The van der Waals surface area contributed by atoms with Gasteiger partial charge in [-0.25, -0.2) is 0 Å². The standard InChI is InChI=1S/C20H39N5O2.HI/c1-4-21-19(22-11-7-8-12-25-13-15-27-16-14-25)23-17-20(9-5-6-10-20)18(26)24(2)3;/h4-17H2,1-3H3,(H2,21,22,23);1H. The Hall–Kier alpha value is -0.610. The summed E-state index contributed by atoms with van der Waals surface area (Å²) in [5.74, 6) is 1.06. The molecule has 1 heterocycles. The lowest BCUT2D eigenvalue weighted by atomic mass is 9.85. The molecule has 0 atom stereocenters. The first kappa shape index (κ1) is 25.4. The Labute approximate surface area is 188 Å². The van der Waals surface area contributed by atoms with Crippen LogP contribution in [0.2, 0.25) is 0 Å². The van der Waals surface area contributed by atoms with Gasteiger partial charge in [0.1, 0.15) is 0 Å². The minimum Gasteiger partial charge on any atom is -0.379 e. The van der Waals surface area contributed by atoms with E-state index in [0.29, 0.717) is 6.54 Å². The monoisotopic (exact) mass is 509 g/mol. The zero-order valence-corrected chi connectivity index (χ0v) is 20.3. The van der Waals surface area contributed by atoms with Gasteiger partial charge < -0.3 is 20.3 Å². The molecule has 28 heavy (non-hydrogen) atoms. The summed E-state index contributed by atoms with van der Waals surface area (Å²) < 4.78 is 5.39. The van der Waals surface area contributed by atoms with Gasteiger partial charge >= 0.3 is 0 Å². The zero-order chi connectivity index (χ0) is 19.5. The smallest absolute Gasteiger partial charge is 0.230 e. The van der Waals surface area contributed by atoms with Crippen LogP contribution in [0.25, 0.3) is 0 Å². The Morgan fingerprint density at radius 2 is 1.82 bits per heavy atom. The number of rotatable bonds is 9. The van der Waals surface area contributed by atoms with Gasteiger partial charge in [-0.1, -0.05) is 12.8 Å². The van der Waals surface area contributed by atoms with E-state index in [1.807, 2.05) is 14.1 Å². The fraction of sp³-hybridized carbons (Fsp3) is 0.900. The van der Waals surface area contributed by atoms with Crippen LogP contribution in [0.4, 0.5) is 0 Å². The molecule has 2 rings (SSSR count). The van der Waals surface area contributed by atoms with Crippen molar-refractivity contribution in [3.05, 3.63) is 0 Å². The number of nitrogens with zero attached hydrogens (tertiary/aromatic N) is 3. The van der Waals surface area contributed by atoms with Crippen molar-refractivity contribution in [1.29, 1.82) is 0 Å². The summed E-state index contributed by atoms with van der Waals surface area (Å²) in [5.41, 5.74) is -0.303. The molecule has 0 spiro atoms. The first-order valence-corrected chi connectivity index (χ1v) is 10.6. The third-order valence-corrected chi connectivity index (χ3v) is 5.60. The third kappa shape index (κ3) is 8.02. The van der Waals surface area contributed by atoms with Gasteiger partial charge in [-0.2, -0.15) is 0 Å². The van der Waals surface area contributed by atoms with E-state index in [9.17, 15) is 4.79 Å². The van der Waals surface area contributed by atoms with Crippen LogP contribution in [0.15, 0.2) is 4.99 Å². The lowest BCUT2D eigenvalue weighted by molar-refractivity contribution is -0.138. The molecule has 1 aliphatic heterocycles. The number of nitrogens with one attached hydrogen (secondary N) is 2. The number of carbonyl (C=O) groups excluding carboxylic acids is 1. The van der Waals surface area contributed by atoms with Crippen molar-refractivity contribution in [2.24, 2.45) is 10.4 Å². The summed E-state index contributed by atoms with van der Waals surface area (Å²) in [6.45, 7) is 9.36. The highest BCUT2D eigenvalue weighted by atomic mass is 127. The van der Waals surface area contributed by atoms with E-state index < -0.39 is 0 Å². The molecule has 1 saturated carbocycles. The molecule has 2 N–H and O–H groups in total. The molecule has 8 heteroatoms. The van der Waals surface area contributed by atoms with E-state index >= 15 is 0 Å². The third-order valence-electron chi connectivity index (χ3n) is 5.60. The van der Waals surface area contributed by atoms with Crippen LogP contribution in [0.1, 0.15) is 45.4 Å². The van der Waals surface area contributed by atoms with Crippen LogP contribution in [-0.2, 0) is 9.53 Å². The van der Waals surface area contributed by atoms with Gasteiger partial charge in [0, 0.05) is 40.3 Å². The van der Waals surface area contributed by atoms with E-state index in [1.165, 1.54) is 6.42 Å². The van der Waals surface area contributed by atoms with Gasteiger partial charge in [0.2, 0.25) is 5.91 Å². The van der Waals surface area contributed by atoms with Gasteiger partial charge in [0.15, 0.2) is 5.96 Å². The van der Waals surface area contributed by atoms with E-state index in [-0.39, 0.29) is 35.3 Å². The summed E-state index contributed by atoms with van der Waals surface area (Å²) in [6, 6.07) is 0. The Kier molecular flexibility index (Phi) is 12.3. The molecule has 0 unspecified atom stereocenters. The molecule has 0 aromatic heterocycles. The van der Waals surface area contributed by atoms with E-state index in [1.54, 1.807) is 4.90 Å². The SMILES string of the molecule is CCNC(=NCC1(C(=O)N(C)C)CCCC1)NCCCCN1CCOCC1.I. The predicted molar refractivity (Wildman–Crippen MR) is 125 cm³/mol. The Bertz CT molecular complexity index is 475. The highest BCUT2D eigenvalue weighted by molar-refractivity contribution is 14.0. The summed E-state index contributed by atoms with van der Waals surface area (Å²) in [6.07, 6.45) is 6.44. The lowest BCUT2D eigenvalue weighted by Gasteiger charge is -2.29. The van der Waals surface area contributed by atoms with Crippen LogP contribution in [0.3, 0.4) is 0 Å². The van der Waals surface area contributed by atoms with Crippen molar-refractivity contribution in [2.45, 2.75) is 45.4 Å². The van der Waals surface area contributed by atoms with Crippen LogP contribution < -0.4 is 10.6 Å². The molecule has 2 fully saturated rings. The van der Waals surface area contributed by atoms with Crippen molar-refractivity contribution in [3.8, 4) is 0 Å². The molecular weight excluding hydrogens is 469 g/mol. The number of hydrogen-bond acceptors (Lipinski definition) is 4. The fourth-order valence-electron chi connectivity index (χ4n) is 4.03. The summed E-state index contributed by atoms with van der Waals surface area (Å²) in [5, 5.41) is 6.76. The molecule has 0 radical (unpaired) electrons. The van der Waals surface area contributed by atoms with Gasteiger partial charge in [0.25, 0.3) is 0 Å². The molecule has 7 nitrogen and oxygen atoms in total. The highest BCUT2D eigenvalue weighted by Crippen LogP contribution is 2.39.